The van der Waals surface area contributed by atoms with Crippen molar-refractivity contribution >= 4 is 5.91 Å². The fourth-order valence-electron chi connectivity index (χ4n) is 1.49. The zero-order valence-corrected chi connectivity index (χ0v) is 5.20. The Morgan fingerprint density at radius 2 is 2.60 bits per heavy atom. The van der Waals surface area contributed by atoms with Gasteiger partial charge in [-0.25, -0.2) is 0 Å². The largest absolute Gasteiger partial charge is 0.478 e. The van der Waals surface area contributed by atoms with Gasteiger partial charge in [0.1, 0.15) is 6.26 Å². The minimum absolute atomic E-state index is 0.133. The van der Waals surface area contributed by atoms with E-state index in [1.807, 2.05) is 6.08 Å². The third-order valence-corrected chi connectivity index (χ3v) is 2.10. The van der Waals surface area contributed by atoms with Crippen LogP contribution in [0.25, 0.3) is 0 Å². The van der Waals surface area contributed by atoms with Gasteiger partial charge in [0, 0.05) is 5.57 Å². The van der Waals surface area contributed by atoms with Crippen molar-refractivity contribution in [3.63, 3.8) is 0 Å². The SMILES string of the molecule is O=C1C2=CC2C2=COCN12. The number of hydrogen-bond donors (Lipinski definition) is 0. The van der Waals surface area contributed by atoms with Crippen LogP contribution < -0.4 is 0 Å². The highest BCUT2D eigenvalue weighted by molar-refractivity contribution is 6.04. The summed E-state index contributed by atoms with van der Waals surface area (Å²) in [6.07, 6.45) is 3.65. The quantitative estimate of drug-likeness (QED) is 0.475. The number of amides is 1. The average Bonchev–Trinajstić information content (AvgIpc) is 2.48. The monoisotopic (exact) mass is 135 g/mol. The van der Waals surface area contributed by atoms with Gasteiger partial charge in [0.2, 0.25) is 0 Å². The fraction of sp³-hybridized carbons (Fsp3) is 0.286. The van der Waals surface area contributed by atoms with Crippen molar-refractivity contribution in [2.45, 2.75) is 0 Å². The van der Waals surface area contributed by atoms with Crippen molar-refractivity contribution in [1.29, 1.82) is 0 Å². The van der Waals surface area contributed by atoms with E-state index in [2.05, 4.69) is 0 Å². The molecule has 0 bridgehead atoms. The van der Waals surface area contributed by atoms with Gasteiger partial charge in [-0.3, -0.25) is 9.69 Å². The third-order valence-electron chi connectivity index (χ3n) is 2.10. The van der Waals surface area contributed by atoms with Crippen LogP contribution in [0, 0.1) is 5.92 Å². The average molecular weight is 135 g/mol. The highest BCUT2D eigenvalue weighted by Gasteiger charge is 2.49. The van der Waals surface area contributed by atoms with Gasteiger partial charge < -0.3 is 4.74 Å². The number of ether oxygens (including phenoxy) is 1. The molecule has 0 saturated carbocycles. The first-order valence-corrected chi connectivity index (χ1v) is 3.23. The maximum absolute atomic E-state index is 11.2. The molecule has 1 aliphatic carbocycles. The van der Waals surface area contributed by atoms with Gasteiger partial charge in [-0.15, -0.1) is 0 Å². The molecule has 0 spiro atoms. The number of carbonyl (C=O) groups excluding carboxylic acids is 1. The van der Waals surface area contributed by atoms with E-state index in [4.69, 9.17) is 4.74 Å². The summed E-state index contributed by atoms with van der Waals surface area (Å²) in [5, 5.41) is 0. The molecule has 0 aromatic rings. The molecule has 2 heterocycles. The lowest BCUT2D eigenvalue weighted by atomic mass is 10.3. The van der Waals surface area contributed by atoms with E-state index in [0.717, 1.165) is 11.3 Å². The summed E-state index contributed by atoms with van der Waals surface area (Å²) in [6.45, 7) is 0.419. The lowest BCUT2D eigenvalue weighted by Crippen LogP contribution is -2.22. The van der Waals surface area contributed by atoms with Crippen molar-refractivity contribution in [2.24, 2.45) is 5.92 Å². The van der Waals surface area contributed by atoms with Gasteiger partial charge in [0.25, 0.3) is 5.91 Å². The molecule has 0 N–H and O–H groups in total. The molecule has 1 amide bonds. The highest BCUT2D eigenvalue weighted by atomic mass is 16.5. The first-order valence-electron chi connectivity index (χ1n) is 3.23. The summed E-state index contributed by atoms with van der Waals surface area (Å²) >= 11 is 0. The van der Waals surface area contributed by atoms with E-state index in [1.54, 1.807) is 11.2 Å². The topological polar surface area (TPSA) is 29.5 Å². The number of nitrogens with zero attached hydrogens (tertiary/aromatic N) is 1. The van der Waals surface area contributed by atoms with Crippen LogP contribution in [0.3, 0.4) is 0 Å². The fourth-order valence-corrected chi connectivity index (χ4v) is 1.49. The Balaban J connectivity index is 2.14. The van der Waals surface area contributed by atoms with Crippen LogP contribution in [0.5, 0.6) is 0 Å². The van der Waals surface area contributed by atoms with Gasteiger partial charge in [-0.1, -0.05) is 6.08 Å². The molecule has 3 aliphatic rings. The molecule has 1 unspecified atom stereocenters. The van der Waals surface area contributed by atoms with E-state index in [-0.39, 0.29) is 5.91 Å². The summed E-state index contributed by atoms with van der Waals surface area (Å²) in [6, 6.07) is 0. The lowest BCUT2D eigenvalue weighted by Gasteiger charge is -2.08. The van der Waals surface area contributed by atoms with E-state index >= 15 is 0 Å². The molecule has 3 heteroatoms. The Kier molecular flexibility index (Phi) is 0.510. The summed E-state index contributed by atoms with van der Waals surface area (Å²) in [4.78, 5) is 12.8. The van der Waals surface area contributed by atoms with Crippen LogP contribution in [-0.2, 0) is 9.53 Å². The molecular weight excluding hydrogens is 130 g/mol. The highest BCUT2D eigenvalue weighted by Crippen LogP contribution is 2.47. The summed E-state index contributed by atoms with van der Waals surface area (Å²) in [5.74, 6) is 0.448. The standard InChI is InChI=1S/C7H5NO2/c9-7-5-1-4(5)6-2-10-3-8(6)7/h1-2,4H,3H2. The summed E-state index contributed by atoms with van der Waals surface area (Å²) < 4.78 is 4.99. The van der Waals surface area contributed by atoms with E-state index in [0.29, 0.717) is 12.6 Å². The smallest absolute Gasteiger partial charge is 0.257 e. The summed E-state index contributed by atoms with van der Waals surface area (Å²) in [5.41, 5.74) is 1.98. The number of rotatable bonds is 0. The first-order chi connectivity index (χ1) is 4.88. The molecular formula is C7H5NO2. The molecule has 1 saturated heterocycles. The number of fused-ring (bicyclic) bond motifs is 3. The second kappa shape index (κ2) is 1.12. The van der Waals surface area contributed by atoms with Crippen LogP contribution in [0.1, 0.15) is 0 Å². The van der Waals surface area contributed by atoms with Crippen LogP contribution in [0.15, 0.2) is 23.6 Å². The molecule has 50 valence electrons. The van der Waals surface area contributed by atoms with Gasteiger partial charge >= 0.3 is 0 Å². The molecule has 1 fully saturated rings. The molecule has 3 rings (SSSR count). The van der Waals surface area contributed by atoms with Crippen molar-refractivity contribution in [2.75, 3.05) is 6.73 Å². The molecule has 0 aromatic carbocycles. The second-order valence-corrected chi connectivity index (χ2v) is 2.67. The Hall–Kier alpha value is -1.25. The van der Waals surface area contributed by atoms with Crippen molar-refractivity contribution in [1.82, 2.24) is 4.90 Å². The number of hydrogen-bond acceptors (Lipinski definition) is 2. The Morgan fingerprint density at radius 1 is 1.70 bits per heavy atom. The van der Waals surface area contributed by atoms with E-state index in [1.165, 1.54) is 0 Å². The predicted octanol–water partition coefficient (Wildman–Crippen LogP) is 0.214. The van der Waals surface area contributed by atoms with E-state index < -0.39 is 0 Å². The van der Waals surface area contributed by atoms with Crippen molar-refractivity contribution in [3.8, 4) is 0 Å². The van der Waals surface area contributed by atoms with Crippen molar-refractivity contribution in [3.05, 3.63) is 23.6 Å². The van der Waals surface area contributed by atoms with E-state index in [9.17, 15) is 4.79 Å². The minimum Gasteiger partial charge on any atom is -0.478 e. The number of carbonyl (C=O) groups is 1. The van der Waals surface area contributed by atoms with Gasteiger partial charge in [0.05, 0.1) is 11.6 Å². The summed E-state index contributed by atoms with van der Waals surface area (Å²) in [7, 11) is 0. The normalized spacial score (nSPS) is 32.6. The predicted molar refractivity (Wildman–Crippen MR) is 32.5 cm³/mol. The van der Waals surface area contributed by atoms with Crippen LogP contribution in [0.4, 0.5) is 0 Å². The zero-order valence-electron chi connectivity index (χ0n) is 5.20. The lowest BCUT2D eigenvalue weighted by molar-refractivity contribution is -0.125. The molecule has 1 atom stereocenters. The zero-order chi connectivity index (χ0) is 6.72. The third kappa shape index (κ3) is 0.312. The van der Waals surface area contributed by atoms with Gasteiger partial charge in [-0.05, 0) is 0 Å². The maximum atomic E-state index is 11.2. The Morgan fingerprint density at radius 3 is 3.40 bits per heavy atom. The Labute approximate surface area is 57.6 Å². The molecule has 3 nitrogen and oxygen atoms in total. The molecule has 0 aromatic heterocycles. The first kappa shape index (κ1) is 4.55. The van der Waals surface area contributed by atoms with Crippen LogP contribution in [0.2, 0.25) is 0 Å². The van der Waals surface area contributed by atoms with Crippen molar-refractivity contribution < 1.29 is 9.53 Å². The molecule has 2 aliphatic heterocycles. The van der Waals surface area contributed by atoms with Crippen LogP contribution in [-0.4, -0.2) is 17.5 Å². The maximum Gasteiger partial charge on any atom is 0.257 e. The molecule has 10 heavy (non-hydrogen) atoms. The second-order valence-electron chi connectivity index (χ2n) is 2.67. The number of allylic oxidation sites excluding steroid dienone is 1. The minimum atomic E-state index is 0.133. The molecule has 0 radical (unpaired) electrons. The van der Waals surface area contributed by atoms with Gasteiger partial charge in [-0.2, -0.15) is 0 Å². The Bertz CT molecular complexity index is 290. The van der Waals surface area contributed by atoms with Gasteiger partial charge in [0.15, 0.2) is 6.73 Å². The van der Waals surface area contributed by atoms with Crippen LogP contribution >= 0.6 is 0 Å².